The van der Waals surface area contributed by atoms with Crippen molar-refractivity contribution in [3.63, 3.8) is 0 Å². The molecule has 170 valence electrons. The zero-order valence-electron chi connectivity index (χ0n) is 19.3. The van der Waals surface area contributed by atoms with Crippen molar-refractivity contribution in [3.8, 4) is 11.5 Å². The average molecular weight is 446 g/mol. The molecule has 1 aromatic heterocycles. The summed E-state index contributed by atoms with van der Waals surface area (Å²) in [4.78, 5) is 12.8. The number of methoxy groups -OCH3 is 2. The third-order valence-electron chi connectivity index (χ3n) is 5.66. The van der Waals surface area contributed by atoms with E-state index < -0.39 is 0 Å². The molecule has 2 N–H and O–H groups in total. The van der Waals surface area contributed by atoms with Crippen LogP contribution in [0, 0.1) is 6.92 Å². The first kappa shape index (κ1) is 23.2. The third-order valence-corrected chi connectivity index (χ3v) is 6.74. The number of thiazole rings is 1. The maximum atomic E-state index is 5.41. The molecule has 3 rings (SSSR count). The Morgan fingerprint density at radius 1 is 1.19 bits per heavy atom. The molecule has 0 unspecified atom stereocenters. The predicted octanol–water partition coefficient (Wildman–Crippen LogP) is 3.41. The van der Waals surface area contributed by atoms with Crippen molar-refractivity contribution in [2.75, 3.05) is 45.8 Å². The molecule has 1 fully saturated rings. The molecule has 0 bridgehead atoms. The van der Waals surface area contributed by atoms with Crippen LogP contribution in [-0.4, -0.2) is 57.9 Å². The van der Waals surface area contributed by atoms with E-state index in [0.29, 0.717) is 6.04 Å². The van der Waals surface area contributed by atoms with Gasteiger partial charge in [0.15, 0.2) is 5.96 Å². The normalized spacial score (nSPS) is 15.1. The van der Waals surface area contributed by atoms with Gasteiger partial charge in [0.05, 0.1) is 24.9 Å². The van der Waals surface area contributed by atoms with Gasteiger partial charge in [-0.15, -0.1) is 11.3 Å². The van der Waals surface area contributed by atoms with Crippen molar-refractivity contribution in [2.24, 2.45) is 4.99 Å². The van der Waals surface area contributed by atoms with Gasteiger partial charge in [-0.05, 0) is 26.2 Å². The minimum Gasteiger partial charge on any atom is -0.497 e. The monoisotopic (exact) mass is 445 g/mol. The molecule has 1 saturated heterocycles. The highest BCUT2D eigenvalue weighted by Crippen LogP contribution is 2.30. The number of aliphatic imine (C=N–C) groups is 1. The molecule has 0 radical (unpaired) electrons. The number of nitrogens with one attached hydrogen (secondary N) is 2. The fourth-order valence-corrected chi connectivity index (χ4v) is 4.88. The zero-order valence-corrected chi connectivity index (χ0v) is 20.1. The number of benzene rings is 1. The van der Waals surface area contributed by atoms with Gasteiger partial charge in [0, 0.05) is 67.9 Å². The van der Waals surface area contributed by atoms with Gasteiger partial charge in [-0.3, -0.25) is 4.99 Å². The van der Waals surface area contributed by atoms with Crippen LogP contribution in [0.2, 0.25) is 0 Å². The fraction of sp³-hybridized carbons (Fsp3) is 0.565. The van der Waals surface area contributed by atoms with Gasteiger partial charge in [-0.2, -0.15) is 0 Å². The lowest BCUT2D eigenvalue weighted by atomic mass is 10.0. The van der Waals surface area contributed by atoms with Crippen molar-refractivity contribution in [1.29, 1.82) is 0 Å². The number of nitrogens with zero attached hydrogens (tertiary/aromatic N) is 3. The van der Waals surface area contributed by atoms with Gasteiger partial charge in [-0.25, -0.2) is 4.98 Å². The Kier molecular flexibility index (Phi) is 8.40. The smallest absolute Gasteiger partial charge is 0.191 e. The number of aryl methyl sites for hydroxylation is 2. The van der Waals surface area contributed by atoms with Crippen LogP contribution in [0.4, 0.5) is 5.69 Å². The fourth-order valence-electron chi connectivity index (χ4n) is 3.86. The Morgan fingerprint density at radius 3 is 2.42 bits per heavy atom. The highest BCUT2D eigenvalue weighted by Gasteiger charge is 2.21. The summed E-state index contributed by atoms with van der Waals surface area (Å²) in [7, 11) is 5.20. The first-order valence-electron chi connectivity index (χ1n) is 11.0. The lowest BCUT2D eigenvalue weighted by Crippen LogP contribution is -2.49. The summed E-state index contributed by atoms with van der Waals surface area (Å²) in [5.74, 6) is 2.51. The molecule has 0 amide bonds. The van der Waals surface area contributed by atoms with Crippen LogP contribution in [0.25, 0.3) is 0 Å². The summed E-state index contributed by atoms with van der Waals surface area (Å²) in [5.41, 5.74) is 2.37. The quantitative estimate of drug-likeness (QED) is 0.479. The van der Waals surface area contributed by atoms with E-state index in [-0.39, 0.29) is 0 Å². The number of guanidine groups is 1. The number of ether oxygens (including phenoxy) is 2. The molecule has 2 heterocycles. The summed E-state index contributed by atoms with van der Waals surface area (Å²) in [5, 5.41) is 8.22. The maximum Gasteiger partial charge on any atom is 0.191 e. The van der Waals surface area contributed by atoms with Crippen LogP contribution in [0.15, 0.2) is 23.2 Å². The largest absolute Gasteiger partial charge is 0.497 e. The van der Waals surface area contributed by atoms with Gasteiger partial charge in [-0.1, -0.05) is 6.92 Å². The van der Waals surface area contributed by atoms with Crippen molar-refractivity contribution in [3.05, 3.63) is 33.8 Å². The van der Waals surface area contributed by atoms with Crippen molar-refractivity contribution in [1.82, 2.24) is 15.6 Å². The summed E-state index contributed by atoms with van der Waals surface area (Å²) >= 11 is 1.80. The molecular weight excluding hydrogens is 410 g/mol. The maximum absolute atomic E-state index is 5.41. The molecule has 1 aromatic carbocycles. The number of anilines is 1. The average Bonchev–Trinajstić information content (AvgIpc) is 3.17. The number of piperidine rings is 1. The van der Waals surface area contributed by atoms with Gasteiger partial charge in [0.25, 0.3) is 0 Å². The molecule has 8 heteroatoms. The van der Waals surface area contributed by atoms with Crippen LogP contribution in [0.1, 0.15) is 35.3 Å². The van der Waals surface area contributed by atoms with Crippen LogP contribution in [-0.2, 0) is 12.8 Å². The summed E-state index contributed by atoms with van der Waals surface area (Å²) in [6.45, 7) is 7.10. The first-order valence-corrected chi connectivity index (χ1v) is 11.8. The van der Waals surface area contributed by atoms with E-state index in [1.165, 1.54) is 15.6 Å². The molecule has 0 saturated carbocycles. The van der Waals surface area contributed by atoms with Gasteiger partial charge in [0.2, 0.25) is 0 Å². The Labute approximate surface area is 189 Å². The molecule has 31 heavy (non-hydrogen) atoms. The zero-order chi connectivity index (χ0) is 22.2. The molecular formula is C23H35N5O2S. The first-order chi connectivity index (χ1) is 15.1. The summed E-state index contributed by atoms with van der Waals surface area (Å²) in [6, 6.07) is 6.45. The van der Waals surface area contributed by atoms with E-state index in [4.69, 9.17) is 14.5 Å². The molecule has 1 aliphatic rings. The Hall–Kier alpha value is -2.48. The predicted molar refractivity (Wildman–Crippen MR) is 129 cm³/mol. The lowest BCUT2D eigenvalue weighted by molar-refractivity contribution is 0.393. The van der Waals surface area contributed by atoms with Crippen molar-refractivity contribution < 1.29 is 9.47 Å². The van der Waals surface area contributed by atoms with E-state index in [2.05, 4.69) is 46.5 Å². The van der Waals surface area contributed by atoms with Gasteiger partial charge >= 0.3 is 0 Å². The summed E-state index contributed by atoms with van der Waals surface area (Å²) < 4.78 is 10.8. The second-order valence-corrected chi connectivity index (χ2v) is 8.98. The molecule has 0 spiro atoms. The van der Waals surface area contributed by atoms with Crippen LogP contribution >= 0.6 is 11.3 Å². The number of rotatable bonds is 8. The van der Waals surface area contributed by atoms with Crippen LogP contribution in [0.5, 0.6) is 11.5 Å². The minimum absolute atomic E-state index is 0.406. The Balaban J connectivity index is 1.47. The molecule has 7 nitrogen and oxygen atoms in total. The minimum atomic E-state index is 0.406. The number of hydrogen-bond donors (Lipinski definition) is 2. The second-order valence-electron chi connectivity index (χ2n) is 7.69. The molecule has 0 atom stereocenters. The van der Waals surface area contributed by atoms with Crippen molar-refractivity contribution in [2.45, 2.75) is 45.6 Å². The van der Waals surface area contributed by atoms with E-state index in [1.54, 1.807) is 25.6 Å². The van der Waals surface area contributed by atoms with Crippen LogP contribution < -0.4 is 25.0 Å². The third kappa shape index (κ3) is 6.26. The lowest BCUT2D eigenvalue weighted by Gasteiger charge is -2.34. The van der Waals surface area contributed by atoms with E-state index in [0.717, 1.165) is 68.5 Å². The van der Waals surface area contributed by atoms with E-state index in [1.807, 2.05) is 13.1 Å². The number of aromatic nitrogens is 1. The SMILES string of the molecule is CCc1nc(CCNC(=NC)NC2CCN(c3cc(OC)cc(OC)c3)CC2)sc1C. The summed E-state index contributed by atoms with van der Waals surface area (Å²) in [6.07, 6.45) is 4.01. The van der Waals surface area contributed by atoms with Gasteiger partial charge in [0.1, 0.15) is 11.5 Å². The van der Waals surface area contributed by atoms with Crippen molar-refractivity contribution >= 4 is 23.0 Å². The molecule has 2 aromatic rings. The molecule has 1 aliphatic heterocycles. The van der Waals surface area contributed by atoms with Crippen LogP contribution in [0.3, 0.4) is 0 Å². The highest BCUT2D eigenvalue weighted by atomic mass is 32.1. The number of hydrogen-bond acceptors (Lipinski definition) is 6. The van der Waals surface area contributed by atoms with E-state index >= 15 is 0 Å². The Bertz CT molecular complexity index is 853. The van der Waals surface area contributed by atoms with Gasteiger partial charge < -0.3 is 25.0 Å². The topological polar surface area (TPSA) is 71.0 Å². The second kappa shape index (κ2) is 11.2. The Morgan fingerprint density at radius 2 is 1.87 bits per heavy atom. The molecule has 0 aliphatic carbocycles. The van der Waals surface area contributed by atoms with E-state index in [9.17, 15) is 0 Å². The highest BCUT2D eigenvalue weighted by molar-refractivity contribution is 7.11. The standard InChI is InChI=1S/C23H35N5O2S/c1-6-21-16(2)31-22(27-21)7-10-25-23(24-3)26-17-8-11-28(12-9-17)18-13-19(29-4)15-20(14-18)30-5/h13-15,17H,6-12H2,1-5H3,(H2,24,25,26).